The van der Waals surface area contributed by atoms with Crippen LogP contribution >= 0.6 is 0 Å². The van der Waals surface area contributed by atoms with E-state index in [0.717, 1.165) is 5.56 Å². The molecule has 0 spiro atoms. The Morgan fingerprint density at radius 3 is 2.08 bits per heavy atom. The largest absolute Gasteiger partial charge is 0.467 e. The van der Waals surface area contributed by atoms with Crippen molar-refractivity contribution in [3.63, 3.8) is 0 Å². The average Bonchev–Trinajstić information content (AvgIpc) is 2.85. The Hall–Kier alpha value is -3.92. The number of methoxy groups -OCH3 is 1. The van der Waals surface area contributed by atoms with Crippen LogP contribution in [0.4, 0.5) is 4.79 Å². The van der Waals surface area contributed by atoms with Crippen LogP contribution in [0.1, 0.15) is 42.3 Å². The average molecular weight is 501 g/mol. The van der Waals surface area contributed by atoms with Gasteiger partial charge < -0.3 is 30.0 Å². The first-order valence-corrected chi connectivity index (χ1v) is 11.3. The van der Waals surface area contributed by atoms with Crippen molar-refractivity contribution in [1.29, 1.82) is 0 Å². The van der Waals surface area contributed by atoms with Gasteiger partial charge in [0.05, 0.1) is 19.3 Å². The Morgan fingerprint density at radius 1 is 0.889 bits per heavy atom. The van der Waals surface area contributed by atoms with Crippen LogP contribution in [0, 0.1) is 0 Å². The first-order valence-electron chi connectivity index (χ1n) is 11.3. The molecule has 3 N–H and O–H groups in total. The molecule has 194 valence electrons. The van der Waals surface area contributed by atoms with Gasteiger partial charge in [0.2, 0.25) is 5.91 Å². The minimum atomic E-state index is -1.35. The van der Waals surface area contributed by atoms with Crippen LogP contribution in [0.5, 0.6) is 0 Å². The lowest BCUT2D eigenvalue weighted by atomic mass is 10.0. The summed E-state index contributed by atoms with van der Waals surface area (Å²) in [6.45, 7) is 4.56. The number of aliphatic hydroxyl groups excluding tert-OH is 1. The SMILES string of the molecule is COC(=O)[C@H](Cc1ccc(C(=O)OC(C)(C)C)cc1)NC(=O)[C@H](CO)NC(=O)OCc1ccccc1. The molecular formula is C26H32N2O8. The first kappa shape index (κ1) is 28.3. The monoisotopic (exact) mass is 500 g/mol. The highest BCUT2D eigenvalue weighted by molar-refractivity contribution is 5.90. The van der Waals surface area contributed by atoms with Gasteiger partial charge >= 0.3 is 18.0 Å². The van der Waals surface area contributed by atoms with Crippen molar-refractivity contribution in [2.24, 2.45) is 0 Å². The van der Waals surface area contributed by atoms with Crippen molar-refractivity contribution < 1.29 is 38.5 Å². The number of hydrogen-bond acceptors (Lipinski definition) is 8. The molecule has 0 aliphatic rings. The van der Waals surface area contributed by atoms with E-state index >= 15 is 0 Å². The number of hydrogen-bond donors (Lipinski definition) is 3. The molecule has 0 saturated carbocycles. The number of carbonyl (C=O) groups is 4. The van der Waals surface area contributed by atoms with E-state index in [4.69, 9.17) is 14.2 Å². The van der Waals surface area contributed by atoms with Gasteiger partial charge in [0.15, 0.2) is 0 Å². The standard InChI is InChI=1S/C26H32N2O8/c1-26(2,3)36-23(31)19-12-10-17(11-13-19)14-20(24(32)34-4)27-22(30)21(15-29)28-25(33)35-16-18-8-6-5-7-9-18/h5-13,20-21,29H,14-16H2,1-4H3,(H,27,30)(H,28,33)/t20-,21-/m0/s1. The lowest BCUT2D eigenvalue weighted by molar-refractivity contribution is -0.145. The summed E-state index contributed by atoms with van der Waals surface area (Å²) in [6, 6.07) is 12.9. The molecule has 10 nitrogen and oxygen atoms in total. The fraction of sp³-hybridized carbons (Fsp3) is 0.385. The maximum Gasteiger partial charge on any atom is 0.408 e. The second-order valence-electron chi connectivity index (χ2n) is 8.93. The van der Waals surface area contributed by atoms with Crippen LogP contribution < -0.4 is 10.6 Å². The van der Waals surface area contributed by atoms with Gasteiger partial charge in [-0.3, -0.25) is 4.79 Å². The summed E-state index contributed by atoms with van der Waals surface area (Å²) in [5.74, 6) is -2.00. The van der Waals surface area contributed by atoms with Crippen molar-refractivity contribution in [1.82, 2.24) is 10.6 Å². The molecule has 0 saturated heterocycles. The van der Waals surface area contributed by atoms with Crippen molar-refractivity contribution in [2.75, 3.05) is 13.7 Å². The van der Waals surface area contributed by atoms with Crippen LogP contribution in [0.2, 0.25) is 0 Å². The quantitative estimate of drug-likeness (QED) is 0.333. The van der Waals surface area contributed by atoms with E-state index in [0.29, 0.717) is 11.1 Å². The fourth-order valence-electron chi connectivity index (χ4n) is 3.06. The summed E-state index contributed by atoms with van der Waals surface area (Å²) in [5.41, 5.74) is 1.09. The van der Waals surface area contributed by atoms with Crippen LogP contribution in [0.25, 0.3) is 0 Å². The topological polar surface area (TPSA) is 140 Å². The third-order valence-electron chi connectivity index (χ3n) is 4.83. The lowest BCUT2D eigenvalue weighted by Crippen LogP contribution is -2.54. The third-order valence-corrected chi connectivity index (χ3v) is 4.83. The Balaban J connectivity index is 1.99. The second kappa shape index (κ2) is 13.2. The molecule has 0 heterocycles. The molecule has 0 radical (unpaired) electrons. The number of amides is 2. The van der Waals surface area contributed by atoms with Gasteiger partial charge in [-0.15, -0.1) is 0 Å². The Bertz CT molecular complexity index is 1030. The number of benzene rings is 2. The predicted octanol–water partition coefficient (Wildman–Crippen LogP) is 2.13. The summed E-state index contributed by atoms with van der Waals surface area (Å²) < 4.78 is 15.2. The van der Waals surface area contributed by atoms with Crippen LogP contribution in [0.3, 0.4) is 0 Å². The zero-order valence-corrected chi connectivity index (χ0v) is 20.8. The molecule has 2 rings (SSSR count). The summed E-state index contributed by atoms with van der Waals surface area (Å²) in [7, 11) is 1.18. The first-order chi connectivity index (χ1) is 17.0. The van der Waals surface area contributed by atoms with Gasteiger partial charge in [-0.1, -0.05) is 42.5 Å². The molecule has 10 heteroatoms. The minimum Gasteiger partial charge on any atom is -0.467 e. The van der Waals surface area contributed by atoms with E-state index in [1.165, 1.54) is 7.11 Å². The molecule has 0 aromatic heterocycles. The zero-order valence-electron chi connectivity index (χ0n) is 20.8. The smallest absolute Gasteiger partial charge is 0.408 e. The van der Waals surface area contributed by atoms with E-state index in [9.17, 15) is 24.3 Å². The highest BCUT2D eigenvalue weighted by atomic mass is 16.6. The molecule has 0 fully saturated rings. The molecule has 0 aliphatic heterocycles. The van der Waals surface area contributed by atoms with E-state index in [-0.39, 0.29) is 13.0 Å². The molecular weight excluding hydrogens is 468 g/mol. The fourth-order valence-corrected chi connectivity index (χ4v) is 3.06. The van der Waals surface area contributed by atoms with E-state index in [1.54, 1.807) is 69.3 Å². The highest BCUT2D eigenvalue weighted by Crippen LogP contribution is 2.14. The van der Waals surface area contributed by atoms with Gasteiger partial charge in [0.25, 0.3) is 0 Å². The van der Waals surface area contributed by atoms with Crippen LogP contribution in [0.15, 0.2) is 54.6 Å². The van der Waals surface area contributed by atoms with Crippen molar-refractivity contribution >= 4 is 23.9 Å². The number of rotatable bonds is 10. The zero-order chi connectivity index (χ0) is 26.7. The third kappa shape index (κ3) is 9.38. The Labute approximate surface area is 209 Å². The summed E-state index contributed by atoms with van der Waals surface area (Å²) in [4.78, 5) is 49.2. The number of esters is 2. The normalized spacial score (nSPS) is 12.6. The van der Waals surface area contributed by atoms with Crippen LogP contribution in [-0.2, 0) is 36.8 Å². The maximum absolute atomic E-state index is 12.7. The minimum absolute atomic E-state index is 0.0173. The van der Waals surface area contributed by atoms with Crippen LogP contribution in [-0.4, -0.2) is 60.4 Å². The molecule has 2 atom stereocenters. The Morgan fingerprint density at radius 2 is 1.53 bits per heavy atom. The molecule has 2 aromatic carbocycles. The highest BCUT2D eigenvalue weighted by Gasteiger charge is 2.28. The summed E-state index contributed by atoms with van der Waals surface area (Å²) in [6.07, 6.45) is -0.857. The molecule has 36 heavy (non-hydrogen) atoms. The van der Waals surface area contributed by atoms with E-state index in [2.05, 4.69) is 10.6 Å². The summed E-state index contributed by atoms with van der Waals surface area (Å²) >= 11 is 0. The number of aliphatic hydroxyl groups is 1. The maximum atomic E-state index is 12.7. The number of alkyl carbamates (subject to hydrolysis) is 1. The van der Waals surface area contributed by atoms with Gasteiger partial charge in [0, 0.05) is 6.42 Å². The summed E-state index contributed by atoms with van der Waals surface area (Å²) in [5, 5.41) is 14.4. The molecule has 0 aliphatic carbocycles. The molecule has 2 amide bonds. The van der Waals surface area contributed by atoms with Crippen molar-refractivity contribution in [3.8, 4) is 0 Å². The number of carbonyl (C=O) groups excluding carboxylic acids is 4. The lowest BCUT2D eigenvalue weighted by Gasteiger charge is -2.21. The van der Waals surface area contributed by atoms with E-state index < -0.39 is 48.2 Å². The second-order valence-corrected chi connectivity index (χ2v) is 8.93. The van der Waals surface area contributed by atoms with Gasteiger partial charge in [-0.05, 0) is 44.0 Å². The van der Waals surface area contributed by atoms with Gasteiger partial charge in [0.1, 0.15) is 24.3 Å². The Kier molecular flexibility index (Phi) is 10.4. The van der Waals surface area contributed by atoms with E-state index in [1.807, 2.05) is 6.07 Å². The number of ether oxygens (including phenoxy) is 3. The molecule has 0 bridgehead atoms. The van der Waals surface area contributed by atoms with Gasteiger partial charge in [-0.2, -0.15) is 0 Å². The van der Waals surface area contributed by atoms with Crippen molar-refractivity contribution in [3.05, 3.63) is 71.3 Å². The predicted molar refractivity (Wildman–Crippen MR) is 130 cm³/mol. The molecule has 2 aromatic rings. The molecule has 0 unspecified atom stereocenters. The van der Waals surface area contributed by atoms with Gasteiger partial charge in [-0.25, -0.2) is 14.4 Å². The number of nitrogens with one attached hydrogen (secondary N) is 2. The van der Waals surface area contributed by atoms with Crippen molar-refractivity contribution in [2.45, 2.75) is 51.5 Å².